The maximum atomic E-state index is 12.2. The number of carbonyl (C=O) groups is 1. The van der Waals surface area contributed by atoms with E-state index < -0.39 is 13.0 Å². The quantitative estimate of drug-likeness (QED) is 0.700. The molecule has 0 bridgehead atoms. The van der Waals surface area contributed by atoms with Crippen molar-refractivity contribution in [1.82, 2.24) is 10.6 Å². The second-order valence-electron chi connectivity index (χ2n) is 5.58. The van der Waals surface area contributed by atoms with Gasteiger partial charge in [-0.2, -0.15) is 0 Å². The molecule has 0 saturated heterocycles. The number of benzene rings is 2. The van der Waals surface area contributed by atoms with E-state index in [2.05, 4.69) is 10.6 Å². The lowest BCUT2D eigenvalue weighted by Gasteiger charge is -2.11. The molecule has 2 aromatic rings. The maximum absolute atomic E-state index is 12.2. The predicted octanol–water partition coefficient (Wildman–Crippen LogP) is 3.35. The van der Waals surface area contributed by atoms with Crippen LogP contribution >= 0.6 is 0 Å². The lowest BCUT2D eigenvalue weighted by molar-refractivity contribution is 0.0818. The first-order valence-electron chi connectivity index (χ1n) is 8.24. The number of amides is 2. The summed E-state index contributed by atoms with van der Waals surface area (Å²) in [5, 5.41) is 5.44. The van der Waals surface area contributed by atoms with Crippen LogP contribution in [0.2, 0.25) is 0 Å². The van der Waals surface area contributed by atoms with Crippen LogP contribution in [0.1, 0.15) is 11.1 Å². The molecule has 0 atom stereocenters. The number of methoxy groups -OCH3 is 2. The van der Waals surface area contributed by atoms with Crippen molar-refractivity contribution in [2.24, 2.45) is 0 Å². The molecule has 0 fully saturated rings. The van der Waals surface area contributed by atoms with E-state index in [0.29, 0.717) is 23.8 Å². The molecule has 146 valence electrons. The summed E-state index contributed by atoms with van der Waals surface area (Å²) in [7, 11) is 3.09. The van der Waals surface area contributed by atoms with E-state index in [1.54, 1.807) is 50.6 Å². The molecule has 2 rings (SSSR count). The van der Waals surface area contributed by atoms with Crippen LogP contribution in [0.15, 0.2) is 42.5 Å². The Labute approximate surface area is 156 Å². The summed E-state index contributed by atoms with van der Waals surface area (Å²) in [5.41, 5.74) is 1.59. The summed E-state index contributed by atoms with van der Waals surface area (Å²) in [6.45, 7) is -0.115. The number of alkyl halides is 2. The smallest absolute Gasteiger partial charge is 0.315 e. The summed E-state index contributed by atoms with van der Waals surface area (Å²) in [6.07, 6.45) is -2.53. The highest BCUT2D eigenvalue weighted by atomic mass is 19.3. The molecule has 0 aliphatic rings. The number of hydrogen-bond acceptors (Lipinski definition) is 4. The van der Waals surface area contributed by atoms with Gasteiger partial charge in [0.2, 0.25) is 0 Å². The molecule has 2 amide bonds. The van der Waals surface area contributed by atoms with Gasteiger partial charge in [-0.15, -0.1) is 0 Å². The molecule has 0 aliphatic carbocycles. The Morgan fingerprint density at radius 1 is 0.963 bits per heavy atom. The summed E-state index contributed by atoms with van der Waals surface area (Å²) in [4.78, 5) is 12.0. The van der Waals surface area contributed by atoms with Crippen LogP contribution in [0.4, 0.5) is 13.6 Å². The molecule has 0 saturated carbocycles. The Hall–Kier alpha value is -3.03. The number of nitrogens with one attached hydrogen (secondary N) is 2. The van der Waals surface area contributed by atoms with Crippen LogP contribution in [0, 0.1) is 0 Å². The average molecular weight is 380 g/mol. The van der Waals surface area contributed by atoms with Crippen molar-refractivity contribution in [3.05, 3.63) is 53.6 Å². The van der Waals surface area contributed by atoms with Crippen molar-refractivity contribution in [3.8, 4) is 17.2 Å². The van der Waals surface area contributed by atoms with Crippen LogP contribution in [0.3, 0.4) is 0 Å². The Bertz CT molecular complexity index is 756. The van der Waals surface area contributed by atoms with E-state index in [1.807, 2.05) is 6.07 Å². The standard InChI is InChI=1S/C19H22F2N2O4/c1-25-16-7-6-14(9-17(16)26-2)11-23-19(24)22-10-13-4-3-5-15(8-13)27-12-18(20)21/h3-9,18H,10-12H2,1-2H3,(H2,22,23,24). The van der Waals surface area contributed by atoms with Gasteiger partial charge in [0.25, 0.3) is 6.43 Å². The van der Waals surface area contributed by atoms with Crippen LogP contribution in [0.5, 0.6) is 17.2 Å². The predicted molar refractivity (Wildman–Crippen MR) is 96.6 cm³/mol. The first kappa shape index (κ1) is 20.3. The second kappa shape index (κ2) is 10.2. The van der Waals surface area contributed by atoms with E-state index in [-0.39, 0.29) is 12.6 Å². The Kier molecular flexibility index (Phi) is 7.66. The van der Waals surface area contributed by atoms with Crippen LogP contribution < -0.4 is 24.8 Å². The third-order valence-electron chi connectivity index (χ3n) is 3.63. The molecule has 2 aromatic carbocycles. The molecule has 0 aromatic heterocycles. The van der Waals surface area contributed by atoms with E-state index in [1.165, 1.54) is 0 Å². The molecule has 8 heteroatoms. The lowest BCUT2D eigenvalue weighted by Crippen LogP contribution is -2.34. The molecule has 2 N–H and O–H groups in total. The molecular weight excluding hydrogens is 358 g/mol. The van der Waals surface area contributed by atoms with Gasteiger partial charge in [-0.25, -0.2) is 13.6 Å². The van der Waals surface area contributed by atoms with Gasteiger partial charge in [0.15, 0.2) is 11.5 Å². The normalized spacial score (nSPS) is 10.4. The zero-order valence-corrected chi connectivity index (χ0v) is 15.1. The van der Waals surface area contributed by atoms with Gasteiger partial charge in [-0.1, -0.05) is 18.2 Å². The topological polar surface area (TPSA) is 68.8 Å². The molecule has 27 heavy (non-hydrogen) atoms. The molecule has 0 radical (unpaired) electrons. The minimum absolute atomic E-state index is 0.240. The van der Waals surface area contributed by atoms with E-state index in [9.17, 15) is 13.6 Å². The van der Waals surface area contributed by atoms with Crippen molar-refractivity contribution in [1.29, 1.82) is 0 Å². The van der Waals surface area contributed by atoms with Crippen molar-refractivity contribution in [2.45, 2.75) is 19.5 Å². The zero-order chi connectivity index (χ0) is 19.6. The fourth-order valence-electron chi connectivity index (χ4n) is 2.32. The van der Waals surface area contributed by atoms with Gasteiger partial charge in [-0.3, -0.25) is 0 Å². The van der Waals surface area contributed by atoms with Crippen molar-refractivity contribution >= 4 is 6.03 Å². The lowest BCUT2D eigenvalue weighted by atomic mass is 10.2. The van der Waals surface area contributed by atoms with Gasteiger partial charge in [0.1, 0.15) is 12.4 Å². The highest BCUT2D eigenvalue weighted by molar-refractivity contribution is 5.73. The number of urea groups is 1. The summed E-state index contributed by atoms with van der Waals surface area (Å²) in [6, 6.07) is 11.7. The minimum Gasteiger partial charge on any atom is -0.493 e. The summed E-state index contributed by atoms with van der Waals surface area (Å²) in [5.74, 6) is 1.53. The molecule has 0 heterocycles. The molecule has 6 nitrogen and oxygen atoms in total. The largest absolute Gasteiger partial charge is 0.493 e. The van der Waals surface area contributed by atoms with E-state index >= 15 is 0 Å². The monoisotopic (exact) mass is 380 g/mol. The number of hydrogen-bond donors (Lipinski definition) is 2. The van der Waals surface area contributed by atoms with Crippen molar-refractivity contribution < 1.29 is 27.8 Å². The highest BCUT2D eigenvalue weighted by Gasteiger charge is 2.07. The maximum Gasteiger partial charge on any atom is 0.315 e. The number of ether oxygens (including phenoxy) is 3. The number of rotatable bonds is 9. The Balaban J connectivity index is 1.82. The van der Waals surface area contributed by atoms with Crippen LogP contribution in [0.25, 0.3) is 0 Å². The zero-order valence-electron chi connectivity index (χ0n) is 15.1. The highest BCUT2D eigenvalue weighted by Crippen LogP contribution is 2.27. The van der Waals surface area contributed by atoms with Gasteiger partial charge < -0.3 is 24.8 Å². The minimum atomic E-state index is -2.53. The third kappa shape index (κ3) is 6.65. The average Bonchev–Trinajstić information content (AvgIpc) is 2.69. The van der Waals surface area contributed by atoms with Gasteiger partial charge >= 0.3 is 6.03 Å². The molecule has 0 spiro atoms. The Morgan fingerprint density at radius 3 is 2.26 bits per heavy atom. The van der Waals surface area contributed by atoms with E-state index in [4.69, 9.17) is 14.2 Å². The van der Waals surface area contributed by atoms with E-state index in [0.717, 1.165) is 11.1 Å². The van der Waals surface area contributed by atoms with Gasteiger partial charge in [-0.05, 0) is 35.4 Å². The second-order valence-corrected chi connectivity index (χ2v) is 5.58. The van der Waals surface area contributed by atoms with Gasteiger partial charge in [0, 0.05) is 13.1 Å². The first-order valence-corrected chi connectivity index (χ1v) is 8.24. The summed E-state index contributed by atoms with van der Waals surface area (Å²) < 4.78 is 39.7. The van der Waals surface area contributed by atoms with Crippen molar-refractivity contribution in [3.63, 3.8) is 0 Å². The van der Waals surface area contributed by atoms with Crippen LogP contribution in [-0.4, -0.2) is 33.3 Å². The Morgan fingerprint density at radius 2 is 1.63 bits per heavy atom. The van der Waals surface area contributed by atoms with Crippen molar-refractivity contribution in [2.75, 3.05) is 20.8 Å². The molecule has 0 aliphatic heterocycles. The van der Waals surface area contributed by atoms with Crippen LogP contribution in [-0.2, 0) is 13.1 Å². The fraction of sp³-hybridized carbons (Fsp3) is 0.316. The SMILES string of the molecule is COc1ccc(CNC(=O)NCc2cccc(OCC(F)F)c2)cc1OC. The first-order chi connectivity index (χ1) is 13.0. The fourth-order valence-corrected chi connectivity index (χ4v) is 2.32. The number of carbonyl (C=O) groups excluding carboxylic acids is 1. The van der Waals surface area contributed by atoms with Gasteiger partial charge in [0.05, 0.1) is 14.2 Å². The number of halogens is 2. The summed E-state index contributed by atoms with van der Waals surface area (Å²) >= 11 is 0. The third-order valence-corrected chi connectivity index (χ3v) is 3.63. The molecular formula is C19H22F2N2O4. The molecule has 0 unspecified atom stereocenters.